The van der Waals surface area contributed by atoms with Crippen LogP contribution < -0.4 is 0 Å². The molecule has 1 saturated heterocycles. The number of ether oxygens (including phenoxy) is 2. The number of unbranched alkanes of at least 4 members (excludes halogenated alkanes) is 4. The first-order chi connectivity index (χ1) is 8.50. The van der Waals surface area contributed by atoms with E-state index in [0.29, 0.717) is 0 Å². The maximum atomic E-state index is 10.2. The Morgan fingerprint density at radius 1 is 1.22 bits per heavy atom. The molecule has 0 radical (unpaired) electrons. The van der Waals surface area contributed by atoms with Gasteiger partial charge in [-0.2, -0.15) is 0 Å². The van der Waals surface area contributed by atoms with Gasteiger partial charge >= 0.3 is 0 Å². The molecule has 3 nitrogen and oxygen atoms in total. The SMILES string of the molecule is C=C[C@H]1OC(C)(C)O[C@H]1[C@@H](O)CCCCCCC. The lowest BCUT2D eigenvalue weighted by molar-refractivity contribution is -0.153. The van der Waals surface area contributed by atoms with Gasteiger partial charge in [0.2, 0.25) is 0 Å². The zero-order chi connectivity index (χ0) is 13.6. The van der Waals surface area contributed by atoms with Crippen LogP contribution in [0.15, 0.2) is 12.7 Å². The molecule has 0 aliphatic carbocycles. The van der Waals surface area contributed by atoms with Crippen LogP contribution in [0.4, 0.5) is 0 Å². The van der Waals surface area contributed by atoms with E-state index in [4.69, 9.17) is 9.47 Å². The molecule has 0 amide bonds. The Kier molecular flexibility index (Phi) is 6.33. The van der Waals surface area contributed by atoms with E-state index in [1.54, 1.807) is 6.08 Å². The highest BCUT2D eigenvalue weighted by Gasteiger charge is 2.42. The molecule has 0 aromatic heterocycles. The molecule has 0 bridgehead atoms. The summed E-state index contributed by atoms with van der Waals surface area (Å²) >= 11 is 0. The average Bonchev–Trinajstić information content (AvgIpc) is 2.64. The first kappa shape index (κ1) is 15.7. The van der Waals surface area contributed by atoms with Crippen LogP contribution in [0.25, 0.3) is 0 Å². The van der Waals surface area contributed by atoms with Gasteiger partial charge < -0.3 is 14.6 Å². The molecule has 1 aliphatic heterocycles. The second-order valence-electron chi connectivity index (χ2n) is 5.57. The normalized spacial score (nSPS) is 28.2. The van der Waals surface area contributed by atoms with Gasteiger partial charge in [-0.15, -0.1) is 6.58 Å². The summed E-state index contributed by atoms with van der Waals surface area (Å²) in [6.07, 6.45) is 7.56. The summed E-state index contributed by atoms with van der Waals surface area (Å²) in [4.78, 5) is 0. The fraction of sp³-hybridized carbons (Fsp3) is 0.867. The number of hydrogen-bond acceptors (Lipinski definition) is 3. The zero-order valence-electron chi connectivity index (χ0n) is 12.0. The van der Waals surface area contributed by atoms with Crippen molar-refractivity contribution in [3.63, 3.8) is 0 Å². The second-order valence-corrected chi connectivity index (χ2v) is 5.57. The van der Waals surface area contributed by atoms with E-state index in [1.807, 2.05) is 13.8 Å². The number of aliphatic hydroxyl groups excluding tert-OH is 1. The summed E-state index contributed by atoms with van der Waals surface area (Å²) in [5.41, 5.74) is 0. The predicted octanol–water partition coefficient (Wildman–Crippen LogP) is 3.41. The molecular weight excluding hydrogens is 228 g/mol. The van der Waals surface area contributed by atoms with Crippen molar-refractivity contribution >= 4 is 0 Å². The van der Waals surface area contributed by atoms with Crippen molar-refractivity contribution in [2.75, 3.05) is 0 Å². The van der Waals surface area contributed by atoms with Gasteiger partial charge in [0.15, 0.2) is 5.79 Å². The quantitative estimate of drug-likeness (QED) is 0.534. The Morgan fingerprint density at radius 2 is 1.89 bits per heavy atom. The van der Waals surface area contributed by atoms with Crippen molar-refractivity contribution in [1.82, 2.24) is 0 Å². The molecule has 18 heavy (non-hydrogen) atoms. The van der Waals surface area contributed by atoms with Crippen molar-refractivity contribution in [2.45, 2.75) is 83.4 Å². The fourth-order valence-corrected chi connectivity index (χ4v) is 2.42. The van der Waals surface area contributed by atoms with Crippen molar-refractivity contribution in [2.24, 2.45) is 0 Å². The van der Waals surface area contributed by atoms with Crippen LogP contribution in [0.1, 0.15) is 59.3 Å². The highest BCUT2D eigenvalue weighted by molar-refractivity contribution is 4.96. The topological polar surface area (TPSA) is 38.7 Å². The van der Waals surface area contributed by atoms with Crippen LogP contribution in [-0.2, 0) is 9.47 Å². The molecular formula is C15H28O3. The molecule has 3 atom stereocenters. The highest BCUT2D eigenvalue weighted by Crippen LogP contribution is 2.31. The van der Waals surface area contributed by atoms with Crippen molar-refractivity contribution in [3.8, 4) is 0 Å². The minimum atomic E-state index is -0.618. The van der Waals surface area contributed by atoms with E-state index in [2.05, 4.69) is 13.5 Å². The standard InChI is InChI=1S/C15H28O3/c1-5-7-8-9-10-11-12(16)14-13(6-2)17-15(3,4)18-14/h6,12-14,16H,2,5,7-11H2,1,3-4H3/t12-,13+,14-/m0/s1. The van der Waals surface area contributed by atoms with Gasteiger partial charge in [0, 0.05) is 0 Å². The summed E-state index contributed by atoms with van der Waals surface area (Å²) < 4.78 is 11.4. The third kappa shape index (κ3) is 4.71. The van der Waals surface area contributed by atoms with Crippen LogP contribution in [0.2, 0.25) is 0 Å². The third-order valence-electron chi connectivity index (χ3n) is 3.38. The third-order valence-corrected chi connectivity index (χ3v) is 3.38. The predicted molar refractivity (Wildman–Crippen MR) is 73.4 cm³/mol. The maximum Gasteiger partial charge on any atom is 0.164 e. The van der Waals surface area contributed by atoms with Gasteiger partial charge in [-0.05, 0) is 20.3 Å². The minimum Gasteiger partial charge on any atom is -0.390 e. The smallest absolute Gasteiger partial charge is 0.164 e. The maximum absolute atomic E-state index is 10.2. The van der Waals surface area contributed by atoms with E-state index < -0.39 is 11.9 Å². The molecule has 1 fully saturated rings. The summed E-state index contributed by atoms with van der Waals surface area (Å²) in [5, 5.41) is 10.2. The van der Waals surface area contributed by atoms with Gasteiger partial charge in [-0.3, -0.25) is 0 Å². The van der Waals surface area contributed by atoms with Gasteiger partial charge in [0.1, 0.15) is 12.2 Å². The van der Waals surface area contributed by atoms with Gasteiger partial charge in [0.05, 0.1) is 6.10 Å². The Morgan fingerprint density at radius 3 is 2.50 bits per heavy atom. The van der Waals surface area contributed by atoms with Crippen LogP contribution in [0.3, 0.4) is 0 Å². The van der Waals surface area contributed by atoms with Gasteiger partial charge in [-0.1, -0.05) is 45.1 Å². The number of hydrogen-bond donors (Lipinski definition) is 1. The average molecular weight is 256 g/mol. The van der Waals surface area contributed by atoms with Crippen LogP contribution in [0, 0.1) is 0 Å². The summed E-state index contributed by atoms with van der Waals surface area (Å²) in [6.45, 7) is 9.69. The Bertz CT molecular complexity index is 250. The molecule has 3 heteroatoms. The Balaban J connectivity index is 2.32. The number of rotatable bonds is 8. The molecule has 0 unspecified atom stereocenters. The van der Waals surface area contributed by atoms with E-state index >= 15 is 0 Å². The second kappa shape index (κ2) is 7.27. The highest BCUT2D eigenvalue weighted by atomic mass is 16.8. The van der Waals surface area contributed by atoms with E-state index in [-0.39, 0.29) is 12.2 Å². The molecule has 1 rings (SSSR count). The Labute approximate surface area is 111 Å². The molecule has 1 N–H and O–H groups in total. The lowest BCUT2D eigenvalue weighted by Gasteiger charge is -2.21. The van der Waals surface area contributed by atoms with Crippen molar-refractivity contribution < 1.29 is 14.6 Å². The minimum absolute atomic E-state index is 0.203. The zero-order valence-corrected chi connectivity index (χ0v) is 12.0. The van der Waals surface area contributed by atoms with Crippen molar-refractivity contribution in [3.05, 3.63) is 12.7 Å². The summed E-state index contributed by atoms with van der Waals surface area (Å²) in [7, 11) is 0. The van der Waals surface area contributed by atoms with Gasteiger partial charge in [-0.25, -0.2) is 0 Å². The largest absolute Gasteiger partial charge is 0.390 e. The van der Waals surface area contributed by atoms with Gasteiger partial charge in [0.25, 0.3) is 0 Å². The lowest BCUT2D eigenvalue weighted by atomic mass is 10.0. The summed E-state index contributed by atoms with van der Waals surface area (Å²) in [6, 6.07) is 0. The molecule has 0 saturated carbocycles. The van der Waals surface area contributed by atoms with E-state index in [9.17, 15) is 5.11 Å². The first-order valence-electron chi connectivity index (χ1n) is 7.16. The van der Waals surface area contributed by atoms with E-state index in [1.165, 1.54) is 25.7 Å². The summed E-state index contributed by atoms with van der Waals surface area (Å²) in [5.74, 6) is -0.618. The molecule has 0 aromatic rings. The van der Waals surface area contributed by atoms with Crippen LogP contribution >= 0.6 is 0 Å². The molecule has 0 spiro atoms. The molecule has 1 heterocycles. The van der Waals surface area contributed by atoms with Crippen LogP contribution in [0.5, 0.6) is 0 Å². The number of aliphatic hydroxyl groups is 1. The monoisotopic (exact) mass is 256 g/mol. The fourth-order valence-electron chi connectivity index (χ4n) is 2.42. The first-order valence-corrected chi connectivity index (χ1v) is 7.16. The Hall–Kier alpha value is -0.380. The lowest BCUT2D eigenvalue weighted by Crippen LogP contribution is -2.34. The van der Waals surface area contributed by atoms with E-state index in [0.717, 1.165) is 12.8 Å². The molecule has 106 valence electrons. The van der Waals surface area contributed by atoms with Crippen LogP contribution in [-0.4, -0.2) is 29.2 Å². The molecule has 1 aliphatic rings. The van der Waals surface area contributed by atoms with Crippen molar-refractivity contribution in [1.29, 1.82) is 0 Å². The molecule has 0 aromatic carbocycles.